The van der Waals surface area contributed by atoms with Gasteiger partial charge in [-0.2, -0.15) is 0 Å². The fourth-order valence-electron chi connectivity index (χ4n) is 2.70. The Hall–Kier alpha value is -3.19. The second-order valence-corrected chi connectivity index (χ2v) is 5.21. The van der Waals surface area contributed by atoms with E-state index < -0.39 is 0 Å². The SMILES string of the molecule is O=C1C#CCc2ccc(-c3ccc(F)cc3-c3ncco3)cc21. The van der Waals surface area contributed by atoms with Crippen LogP contribution in [0.5, 0.6) is 0 Å². The molecule has 3 nitrogen and oxygen atoms in total. The summed E-state index contributed by atoms with van der Waals surface area (Å²) < 4.78 is 19.0. The van der Waals surface area contributed by atoms with Gasteiger partial charge in [0.15, 0.2) is 0 Å². The Kier molecular flexibility index (Phi) is 3.06. The van der Waals surface area contributed by atoms with Gasteiger partial charge in [-0.25, -0.2) is 9.37 Å². The fourth-order valence-corrected chi connectivity index (χ4v) is 2.70. The van der Waals surface area contributed by atoms with E-state index in [1.807, 2.05) is 12.1 Å². The number of hydrogen-bond acceptors (Lipinski definition) is 3. The molecule has 110 valence electrons. The van der Waals surface area contributed by atoms with Gasteiger partial charge in [0.1, 0.15) is 12.1 Å². The minimum absolute atomic E-state index is 0.187. The van der Waals surface area contributed by atoms with Gasteiger partial charge < -0.3 is 4.42 Å². The molecule has 1 heterocycles. The Bertz CT molecular complexity index is 978. The molecule has 0 radical (unpaired) electrons. The minimum Gasteiger partial charge on any atom is -0.445 e. The summed E-state index contributed by atoms with van der Waals surface area (Å²) in [5.74, 6) is 5.18. The first-order valence-corrected chi connectivity index (χ1v) is 7.08. The molecule has 4 rings (SSSR count). The Morgan fingerprint density at radius 1 is 1.09 bits per heavy atom. The summed E-state index contributed by atoms with van der Waals surface area (Å²) in [5.41, 5.74) is 3.61. The molecule has 0 unspecified atom stereocenters. The monoisotopic (exact) mass is 303 g/mol. The first-order valence-electron chi connectivity index (χ1n) is 7.08. The predicted molar refractivity (Wildman–Crippen MR) is 83.1 cm³/mol. The maximum Gasteiger partial charge on any atom is 0.236 e. The van der Waals surface area contributed by atoms with Crippen molar-refractivity contribution in [3.63, 3.8) is 0 Å². The van der Waals surface area contributed by atoms with Crippen molar-refractivity contribution in [1.29, 1.82) is 0 Å². The fraction of sp³-hybridized carbons (Fsp3) is 0.0526. The highest BCUT2D eigenvalue weighted by atomic mass is 19.1. The summed E-state index contributed by atoms with van der Waals surface area (Å²) in [6, 6.07) is 10.0. The van der Waals surface area contributed by atoms with Crippen molar-refractivity contribution >= 4 is 5.78 Å². The van der Waals surface area contributed by atoms with Crippen LogP contribution in [0.3, 0.4) is 0 Å². The van der Waals surface area contributed by atoms with Gasteiger partial charge in [0.05, 0.1) is 6.20 Å². The van der Waals surface area contributed by atoms with Crippen LogP contribution in [0, 0.1) is 17.7 Å². The van der Waals surface area contributed by atoms with Crippen molar-refractivity contribution < 1.29 is 13.6 Å². The molecule has 0 atom stereocenters. The summed E-state index contributed by atoms with van der Waals surface area (Å²) >= 11 is 0. The summed E-state index contributed by atoms with van der Waals surface area (Å²) in [5, 5.41) is 0. The second kappa shape index (κ2) is 5.22. The third-order valence-corrected chi connectivity index (χ3v) is 3.79. The number of carbonyl (C=O) groups excluding carboxylic acids is 1. The van der Waals surface area contributed by atoms with Crippen LogP contribution in [-0.2, 0) is 6.42 Å². The molecule has 0 amide bonds. The van der Waals surface area contributed by atoms with Gasteiger partial charge in [-0.15, -0.1) is 0 Å². The minimum atomic E-state index is -0.373. The number of carbonyl (C=O) groups is 1. The number of oxazole rings is 1. The molecule has 0 saturated carbocycles. The van der Waals surface area contributed by atoms with Crippen LogP contribution in [0.4, 0.5) is 4.39 Å². The smallest absolute Gasteiger partial charge is 0.236 e. The molecule has 0 spiro atoms. The topological polar surface area (TPSA) is 43.1 Å². The van der Waals surface area contributed by atoms with Crippen molar-refractivity contribution in [2.45, 2.75) is 6.42 Å². The Morgan fingerprint density at radius 2 is 2.00 bits per heavy atom. The van der Waals surface area contributed by atoms with Gasteiger partial charge in [-0.3, -0.25) is 4.79 Å². The zero-order chi connectivity index (χ0) is 15.8. The molecular formula is C19H10FNO2. The first kappa shape index (κ1) is 13.5. The van der Waals surface area contributed by atoms with Crippen LogP contribution in [0.1, 0.15) is 15.9 Å². The molecule has 2 aromatic carbocycles. The molecule has 0 saturated heterocycles. The highest BCUT2D eigenvalue weighted by Gasteiger charge is 2.17. The number of aromatic nitrogens is 1. The number of fused-ring (bicyclic) bond motifs is 1. The number of nitrogens with zero attached hydrogens (tertiary/aromatic N) is 1. The molecule has 0 aliphatic heterocycles. The summed E-state index contributed by atoms with van der Waals surface area (Å²) in [6.45, 7) is 0. The van der Waals surface area contributed by atoms with Crippen LogP contribution in [0.25, 0.3) is 22.6 Å². The van der Waals surface area contributed by atoms with Crippen LogP contribution in [0.15, 0.2) is 53.3 Å². The highest BCUT2D eigenvalue weighted by Crippen LogP contribution is 2.33. The van der Waals surface area contributed by atoms with Crippen molar-refractivity contribution in [3.05, 3.63) is 65.8 Å². The van der Waals surface area contributed by atoms with Gasteiger partial charge in [-0.1, -0.05) is 24.1 Å². The molecule has 4 heteroatoms. The Labute approximate surface area is 131 Å². The lowest BCUT2D eigenvalue weighted by atomic mass is 9.91. The third kappa shape index (κ3) is 2.33. The van der Waals surface area contributed by atoms with Crippen LogP contribution >= 0.6 is 0 Å². The molecule has 0 N–H and O–H groups in total. The van der Waals surface area contributed by atoms with Crippen molar-refractivity contribution in [3.8, 4) is 34.4 Å². The number of ketones is 1. The van der Waals surface area contributed by atoms with E-state index in [4.69, 9.17) is 4.42 Å². The molecule has 1 aliphatic rings. The molecule has 1 aromatic heterocycles. The van der Waals surface area contributed by atoms with Crippen molar-refractivity contribution in [2.75, 3.05) is 0 Å². The summed E-state index contributed by atoms with van der Waals surface area (Å²) in [6.07, 6.45) is 3.52. The predicted octanol–water partition coefficient (Wildman–Crippen LogP) is 3.89. The Morgan fingerprint density at radius 3 is 2.83 bits per heavy atom. The third-order valence-electron chi connectivity index (χ3n) is 3.79. The maximum absolute atomic E-state index is 13.6. The van der Waals surface area contributed by atoms with Gasteiger partial charge in [-0.05, 0) is 40.8 Å². The van der Waals surface area contributed by atoms with Crippen molar-refractivity contribution in [2.24, 2.45) is 0 Å². The van der Waals surface area contributed by atoms with E-state index in [1.165, 1.54) is 24.6 Å². The van der Waals surface area contributed by atoms with Crippen LogP contribution in [-0.4, -0.2) is 10.8 Å². The van der Waals surface area contributed by atoms with Gasteiger partial charge in [0.25, 0.3) is 0 Å². The van der Waals surface area contributed by atoms with Crippen LogP contribution in [0.2, 0.25) is 0 Å². The van der Waals surface area contributed by atoms with E-state index in [0.717, 1.165) is 16.7 Å². The van der Waals surface area contributed by atoms with Gasteiger partial charge in [0, 0.05) is 17.5 Å². The normalized spacial score (nSPS) is 12.5. The molecule has 1 aliphatic carbocycles. The number of rotatable bonds is 2. The largest absolute Gasteiger partial charge is 0.445 e. The lowest BCUT2D eigenvalue weighted by molar-refractivity contribution is 0.105. The van der Waals surface area contributed by atoms with E-state index in [1.54, 1.807) is 12.1 Å². The van der Waals surface area contributed by atoms with E-state index in [-0.39, 0.29) is 11.6 Å². The first-order chi connectivity index (χ1) is 11.2. The molecule has 23 heavy (non-hydrogen) atoms. The van der Waals surface area contributed by atoms with Crippen molar-refractivity contribution in [1.82, 2.24) is 4.98 Å². The average Bonchev–Trinajstić information content (AvgIpc) is 3.09. The van der Waals surface area contributed by atoms with E-state index in [9.17, 15) is 9.18 Å². The van der Waals surface area contributed by atoms with Crippen LogP contribution < -0.4 is 0 Å². The van der Waals surface area contributed by atoms with E-state index >= 15 is 0 Å². The highest BCUT2D eigenvalue weighted by molar-refractivity contribution is 6.11. The lowest BCUT2D eigenvalue weighted by Crippen LogP contribution is -2.05. The molecule has 3 aromatic rings. The number of benzene rings is 2. The summed E-state index contributed by atoms with van der Waals surface area (Å²) in [4.78, 5) is 16.1. The lowest BCUT2D eigenvalue weighted by Gasteiger charge is -2.12. The number of Topliss-reactive ketones (excluding diaryl/α,β-unsaturated/α-hetero) is 1. The average molecular weight is 303 g/mol. The molecule has 0 bridgehead atoms. The van der Waals surface area contributed by atoms with E-state index in [2.05, 4.69) is 16.8 Å². The number of halogens is 1. The quantitative estimate of drug-likeness (QED) is 0.533. The maximum atomic E-state index is 13.6. The Balaban J connectivity index is 1.90. The number of hydrogen-bond donors (Lipinski definition) is 0. The second-order valence-electron chi connectivity index (χ2n) is 5.21. The molecule has 0 fully saturated rings. The van der Waals surface area contributed by atoms with E-state index in [0.29, 0.717) is 23.4 Å². The zero-order valence-corrected chi connectivity index (χ0v) is 12.0. The zero-order valence-electron chi connectivity index (χ0n) is 12.0. The standard InChI is InChI=1S/C19H10FNO2/c20-14-6-7-15(17(11-14)19-21-8-9-23-19)13-5-4-12-2-1-3-18(22)16(12)10-13/h4-11H,2H2. The van der Waals surface area contributed by atoms with Gasteiger partial charge >= 0.3 is 0 Å². The molecular weight excluding hydrogens is 293 g/mol. The summed E-state index contributed by atoms with van der Waals surface area (Å²) in [7, 11) is 0. The van der Waals surface area contributed by atoms with Gasteiger partial charge in [0.2, 0.25) is 11.7 Å².